The van der Waals surface area contributed by atoms with E-state index in [-0.39, 0.29) is 5.91 Å². The number of carbonyl (C=O) groups excluding carboxylic acids is 1. The predicted octanol–water partition coefficient (Wildman–Crippen LogP) is 4.65. The van der Waals surface area contributed by atoms with Gasteiger partial charge in [0.2, 0.25) is 0 Å². The molecular formula is C18H15Cl2NO. The Morgan fingerprint density at radius 3 is 2.45 bits per heavy atom. The summed E-state index contributed by atoms with van der Waals surface area (Å²) in [4.78, 5) is 13.7. The van der Waals surface area contributed by atoms with E-state index in [1.165, 1.54) is 12.8 Å². The van der Waals surface area contributed by atoms with E-state index in [4.69, 9.17) is 23.2 Å². The molecule has 2 aromatic carbocycles. The zero-order valence-corrected chi connectivity index (χ0v) is 13.4. The van der Waals surface area contributed by atoms with E-state index < -0.39 is 5.00 Å². The number of carbonyl (C=O) groups is 1. The van der Waals surface area contributed by atoms with E-state index >= 15 is 0 Å². The van der Waals surface area contributed by atoms with Crippen molar-refractivity contribution in [2.24, 2.45) is 5.92 Å². The van der Waals surface area contributed by atoms with Gasteiger partial charge < -0.3 is 4.90 Å². The molecule has 1 aliphatic carbocycles. The Labute approximate surface area is 139 Å². The largest absolute Gasteiger partial charge is 0.311 e. The van der Waals surface area contributed by atoms with Crippen LogP contribution >= 0.6 is 23.2 Å². The van der Waals surface area contributed by atoms with Crippen molar-refractivity contribution in [2.45, 2.75) is 17.8 Å². The van der Waals surface area contributed by atoms with Crippen molar-refractivity contribution in [1.82, 2.24) is 4.90 Å². The summed E-state index contributed by atoms with van der Waals surface area (Å²) in [6, 6.07) is 15.1. The first-order valence-electron chi connectivity index (χ1n) is 7.47. The van der Waals surface area contributed by atoms with Gasteiger partial charge in [-0.3, -0.25) is 4.79 Å². The van der Waals surface area contributed by atoms with Gasteiger partial charge in [-0.05, 0) is 42.5 Å². The topological polar surface area (TPSA) is 20.3 Å². The number of benzene rings is 2. The number of hydrogen-bond acceptors (Lipinski definition) is 1. The van der Waals surface area contributed by atoms with Crippen LogP contribution in [0, 0.1) is 5.92 Å². The summed E-state index contributed by atoms with van der Waals surface area (Å²) >= 11 is 13.1. The molecule has 1 aliphatic heterocycles. The number of rotatable bonds is 3. The molecule has 0 aromatic heterocycles. The number of fused-ring (bicyclic) bond motifs is 1. The van der Waals surface area contributed by atoms with Crippen molar-refractivity contribution >= 4 is 29.1 Å². The molecule has 0 radical (unpaired) electrons. The third-order valence-electron chi connectivity index (χ3n) is 4.50. The van der Waals surface area contributed by atoms with Crippen LogP contribution in [0.1, 0.15) is 34.3 Å². The van der Waals surface area contributed by atoms with Crippen LogP contribution in [-0.2, 0) is 5.00 Å². The fourth-order valence-corrected chi connectivity index (χ4v) is 3.70. The summed E-state index contributed by atoms with van der Waals surface area (Å²) in [5.74, 6) is 0.594. The molecule has 4 rings (SSSR count). The molecule has 2 aliphatic rings. The summed E-state index contributed by atoms with van der Waals surface area (Å²) in [5, 5.41) is 0.662. The lowest BCUT2D eigenvalue weighted by molar-refractivity contribution is 0.0708. The molecule has 1 unspecified atom stereocenters. The highest BCUT2D eigenvalue weighted by molar-refractivity contribution is 6.31. The second kappa shape index (κ2) is 5.00. The molecular weight excluding hydrogens is 317 g/mol. The van der Waals surface area contributed by atoms with Crippen LogP contribution in [0.2, 0.25) is 5.02 Å². The second-order valence-electron chi connectivity index (χ2n) is 6.03. The van der Waals surface area contributed by atoms with Crippen LogP contribution in [0.5, 0.6) is 0 Å². The minimum Gasteiger partial charge on any atom is -0.311 e. The Kier molecular flexibility index (Phi) is 3.21. The summed E-state index contributed by atoms with van der Waals surface area (Å²) < 4.78 is 0. The lowest BCUT2D eigenvalue weighted by Gasteiger charge is -2.34. The molecule has 1 atom stereocenters. The van der Waals surface area contributed by atoms with Crippen LogP contribution in [-0.4, -0.2) is 17.4 Å². The molecule has 0 spiro atoms. The zero-order chi connectivity index (χ0) is 15.3. The highest BCUT2D eigenvalue weighted by Gasteiger charge is 2.50. The molecule has 2 nitrogen and oxygen atoms in total. The molecule has 0 N–H and O–H groups in total. The molecule has 0 saturated heterocycles. The number of nitrogens with zero attached hydrogens (tertiary/aromatic N) is 1. The molecule has 0 bridgehead atoms. The predicted molar refractivity (Wildman–Crippen MR) is 88.3 cm³/mol. The maximum atomic E-state index is 12.8. The molecule has 1 heterocycles. The van der Waals surface area contributed by atoms with Gasteiger partial charge >= 0.3 is 0 Å². The Balaban J connectivity index is 1.88. The van der Waals surface area contributed by atoms with Gasteiger partial charge in [0.1, 0.15) is 0 Å². The summed E-state index contributed by atoms with van der Waals surface area (Å²) in [5.41, 5.74) is 2.45. The average molecular weight is 332 g/mol. The summed E-state index contributed by atoms with van der Waals surface area (Å²) in [6.45, 7) is 0.708. The van der Waals surface area contributed by atoms with Gasteiger partial charge in [0.15, 0.2) is 5.00 Å². The van der Waals surface area contributed by atoms with Gasteiger partial charge in [-0.15, -0.1) is 0 Å². The maximum absolute atomic E-state index is 12.8. The smallest absolute Gasteiger partial charge is 0.256 e. The van der Waals surface area contributed by atoms with Crippen LogP contribution in [0.3, 0.4) is 0 Å². The Bertz CT molecular complexity index is 739. The van der Waals surface area contributed by atoms with Crippen molar-refractivity contribution in [1.29, 1.82) is 0 Å². The van der Waals surface area contributed by atoms with Crippen molar-refractivity contribution < 1.29 is 4.79 Å². The average Bonchev–Trinajstić information content (AvgIpc) is 3.33. The summed E-state index contributed by atoms with van der Waals surface area (Å²) in [6.07, 6.45) is 2.35. The van der Waals surface area contributed by atoms with Gasteiger partial charge in [0, 0.05) is 22.7 Å². The minimum atomic E-state index is -0.930. The normalized spacial score (nSPS) is 23.7. The van der Waals surface area contributed by atoms with Crippen molar-refractivity contribution in [2.75, 3.05) is 6.54 Å². The summed E-state index contributed by atoms with van der Waals surface area (Å²) in [7, 11) is 0. The molecule has 4 heteroatoms. The van der Waals surface area contributed by atoms with E-state index in [0.717, 1.165) is 11.1 Å². The first-order chi connectivity index (χ1) is 10.6. The van der Waals surface area contributed by atoms with Crippen LogP contribution in [0.25, 0.3) is 0 Å². The van der Waals surface area contributed by atoms with Crippen LogP contribution in [0.15, 0.2) is 48.5 Å². The van der Waals surface area contributed by atoms with Gasteiger partial charge in [-0.1, -0.05) is 53.5 Å². The SMILES string of the molecule is O=C1c2ccccc2C(Cl)(c2ccc(Cl)cc2)N1CC1CC1. The van der Waals surface area contributed by atoms with E-state index in [1.54, 1.807) is 0 Å². The van der Waals surface area contributed by atoms with Crippen LogP contribution in [0.4, 0.5) is 0 Å². The standard InChI is InChI=1S/C18H15Cl2NO/c19-14-9-7-13(8-10-14)18(20)16-4-2-1-3-15(16)17(22)21(18)11-12-5-6-12/h1-4,7-10,12H,5-6,11H2. The number of amides is 1. The highest BCUT2D eigenvalue weighted by atomic mass is 35.5. The molecule has 1 fully saturated rings. The number of hydrogen-bond donors (Lipinski definition) is 0. The quantitative estimate of drug-likeness (QED) is 0.592. The van der Waals surface area contributed by atoms with Gasteiger partial charge in [0.25, 0.3) is 5.91 Å². The van der Waals surface area contributed by atoms with Crippen LogP contribution < -0.4 is 0 Å². The Hall–Kier alpha value is -1.51. The number of halogens is 2. The van der Waals surface area contributed by atoms with Gasteiger partial charge in [-0.2, -0.15) is 0 Å². The third kappa shape index (κ3) is 2.05. The monoisotopic (exact) mass is 331 g/mol. The maximum Gasteiger partial charge on any atom is 0.256 e. The minimum absolute atomic E-state index is 0.0208. The number of alkyl halides is 1. The van der Waals surface area contributed by atoms with Crippen molar-refractivity contribution in [3.63, 3.8) is 0 Å². The van der Waals surface area contributed by atoms with E-state index in [1.807, 2.05) is 53.4 Å². The fraction of sp³-hybridized carbons (Fsp3) is 0.278. The fourth-order valence-electron chi connectivity index (χ4n) is 3.14. The van der Waals surface area contributed by atoms with E-state index in [9.17, 15) is 4.79 Å². The zero-order valence-electron chi connectivity index (χ0n) is 11.9. The van der Waals surface area contributed by atoms with Gasteiger partial charge in [-0.25, -0.2) is 0 Å². The highest BCUT2D eigenvalue weighted by Crippen LogP contribution is 2.49. The van der Waals surface area contributed by atoms with Crippen molar-refractivity contribution in [3.05, 3.63) is 70.2 Å². The first kappa shape index (κ1) is 14.1. The Morgan fingerprint density at radius 2 is 1.77 bits per heavy atom. The molecule has 1 amide bonds. The first-order valence-corrected chi connectivity index (χ1v) is 8.22. The molecule has 112 valence electrons. The Morgan fingerprint density at radius 1 is 1.09 bits per heavy atom. The lowest BCUT2D eigenvalue weighted by atomic mass is 9.97. The molecule has 22 heavy (non-hydrogen) atoms. The second-order valence-corrected chi connectivity index (χ2v) is 7.02. The van der Waals surface area contributed by atoms with E-state index in [0.29, 0.717) is 23.0 Å². The molecule has 1 saturated carbocycles. The van der Waals surface area contributed by atoms with Gasteiger partial charge in [0.05, 0.1) is 0 Å². The van der Waals surface area contributed by atoms with Crippen molar-refractivity contribution in [3.8, 4) is 0 Å². The molecule has 2 aromatic rings. The lowest BCUT2D eigenvalue weighted by Crippen LogP contribution is -2.41. The van der Waals surface area contributed by atoms with E-state index in [2.05, 4.69) is 0 Å². The third-order valence-corrected chi connectivity index (χ3v) is 5.37.